The van der Waals surface area contributed by atoms with E-state index in [2.05, 4.69) is 15.2 Å². The maximum absolute atomic E-state index is 12.7. The van der Waals surface area contributed by atoms with Crippen LogP contribution < -0.4 is 10.1 Å². The van der Waals surface area contributed by atoms with Crippen molar-refractivity contribution >= 4 is 17.4 Å². The van der Waals surface area contributed by atoms with Crippen LogP contribution >= 0.6 is 11.3 Å². The van der Waals surface area contributed by atoms with Gasteiger partial charge in [-0.25, -0.2) is 9.78 Å². The largest absolute Gasteiger partial charge is 0.486 e. The Morgan fingerprint density at radius 2 is 2.17 bits per heavy atom. The van der Waals surface area contributed by atoms with Crippen molar-refractivity contribution in [2.75, 3.05) is 39.4 Å². The smallest absolute Gasteiger partial charge is 0.317 e. The van der Waals surface area contributed by atoms with Crippen LogP contribution in [-0.4, -0.2) is 66.2 Å². The number of ether oxygens (including phenoxy) is 2. The monoisotopic (exact) mass is 432 g/mol. The van der Waals surface area contributed by atoms with E-state index in [1.54, 1.807) is 11.3 Å². The lowest BCUT2D eigenvalue weighted by molar-refractivity contribution is 0.0346. The van der Waals surface area contributed by atoms with E-state index in [0.29, 0.717) is 19.7 Å². The van der Waals surface area contributed by atoms with E-state index >= 15 is 0 Å². The van der Waals surface area contributed by atoms with Crippen molar-refractivity contribution in [1.29, 1.82) is 0 Å². The van der Waals surface area contributed by atoms with Gasteiger partial charge in [0.2, 0.25) is 0 Å². The molecule has 0 bridgehead atoms. The number of thiazole rings is 1. The molecule has 1 fully saturated rings. The first-order valence-electron chi connectivity index (χ1n) is 10.5. The number of hydrogen-bond acceptors (Lipinski definition) is 6. The lowest BCUT2D eigenvalue weighted by Crippen LogP contribution is -2.47. The number of nitrogens with zero attached hydrogens (tertiary/aromatic N) is 3. The van der Waals surface area contributed by atoms with Gasteiger partial charge in [0.1, 0.15) is 17.4 Å². The number of carbonyl (C=O) groups excluding carboxylic acids is 1. The molecule has 1 aromatic carbocycles. The Labute approximate surface area is 183 Å². The number of hydrogen-bond donors (Lipinski definition) is 1. The predicted molar refractivity (Wildman–Crippen MR) is 119 cm³/mol. The van der Waals surface area contributed by atoms with Crippen LogP contribution in [0.2, 0.25) is 0 Å². The summed E-state index contributed by atoms with van der Waals surface area (Å²) in [5, 5.41) is 5.92. The van der Waals surface area contributed by atoms with Crippen LogP contribution in [0.15, 0.2) is 29.6 Å². The van der Waals surface area contributed by atoms with Gasteiger partial charge in [-0.2, -0.15) is 0 Å². The highest BCUT2D eigenvalue weighted by Gasteiger charge is 2.19. The van der Waals surface area contributed by atoms with Crippen molar-refractivity contribution in [3.05, 3.63) is 45.9 Å². The van der Waals surface area contributed by atoms with Gasteiger partial charge in [0, 0.05) is 37.6 Å². The molecule has 8 heteroatoms. The molecule has 0 spiro atoms. The van der Waals surface area contributed by atoms with Gasteiger partial charge < -0.3 is 19.7 Å². The zero-order chi connectivity index (χ0) is 21.3. The quantitative estimate of drug-likeness (QED) is 0.659. The third kappa shape index (κ3) is 7.27. The van der Waals surface area contributed by atoms with Crippen LogP contribution in [0.25, 0.3) is 0 Å². The molecule has 0 unspecified atom stereocenters. The van der Waals surface area contributed by atoms with E-state index < -0.39 is 0 Å². The average Bonchev–Trinajstić information content (AvgIpc) is 3.17. The highest BCUT2D eigenvalue weighted by Crippen LogP contribution is 2.17. The van der Waals surface area contributed by atoms with E-state index in [4.69, 9.17) is 9.47 Å². The summed E-state index contributed by atoms with van der Waals surface area (Å²) >= 11 is 1.57. The SMILES string of the molecule is Cc1cccc(OCc2nc(CN(CCN3CCOCC3)C(=O)NC(C)C)cs2)c1. The highest BCUT2D eigenvalue weighted by molar-refractivity contribution is 7.09. The van der Waals surface area contributed by atoms with Crippen molar-refractivity contribution < 1.29 is 14.3 Å². The number of nitrogens with one attached hydrogen (secondary N) is 1. The third-order valence-electron chi connectivity index (χ3n) is 4.79. The fourth-order valence-corrected chi connectivity index (χ4v) is 3.91. The number of benzene rings is 1. The molecule has 1 aromatic heterocycles. The Morgan fingerprint density at radius 3 is 2.90 bits per heavy atom. The first kappa shape index (κ1) is 22.5. The fourth-order valence-electron chi connectivity index (χ4n) is 3.21. The third-order valence-corrected chi connectivity index (χ3v) is 5.66. The predicted octanol–water partition coefficient (Wildman–Crippen LogP) is 3.28. The number of morpholine rings is 1. The summed E-state index contributed by atoms with van der Waals surface area (Å²) in [5.41, 5.74) is 2.06. The molecule has 0 atom stereocenters. The number of amides is 2. The summed E-state index contributed by atoms with van der Waals surface area (Å²) in [6.07, 6.45) is 0. The number of rotatable bonds is 9. The van der Waals surface area contributed by atoms with Crippen LogP contribution in [0, 0.1) is 6.92 Å². The van der Waals surface area contributed by atoms with E-state index in [0.717, 1.165) is 49.3 Å². The van der Waals surface area contributed by atoms with Gasteiger partial charge in [-0.3, -0.25) is 4.90 Å². The van der Waals surface area contributed by atoms with Crippen molar-refractivity contribution in [3.8, 4) is 5.75 Å². The average molecular weight is 433 g/mol. The molecule has 2 amide bonds. The van der Waals surface area contributed by atoms with Crippen molar-refractivity contribution in [1.82, 2.24) is 20.1 Å². The molecule has 164 valence electrons. The zero-order valence-corrected chi connectivity index (χ0v) is 18.9. The zero-order valence-electron chi connectivity index (χ0n) is 18.1. The Kier molecular flexibility index (Phi) is 8.48. The minimum Gasteiger partial charge on any atom is -0.486 e. The lowest BCUT2D eigenvalue weighted by Gasteiger charge is -2.30. The first-order chi connectivity index (χ1) is 14.5. The van der Waals surface area contributed by atoms with Gasteiger partial charge in [0.15, 0.2) is 0 Å². The van der Waals surface area contributed by atoms with E-state index in [9.17, 15) is 4.79 Å². The molecule has 2 aromatic rings. The van der Waals surface area contributed by atoms with Crippen LogP contribution in [-0.2, 0) is 17.9 Å². The van der Waals surface area contributed by atoms with Gasteiger partial charge in [-0.05, 0) is 38.5 Å². The summed E-state index contributed by atoms with van der Waals surface area (Å²) in [4.78, 5) is 21.6. The van der Waals surface area contributed by atoms with Crippen LogP contribution in [0.4, 0.5) is 4.79 Å². The summed E-state index contributed by atoms with van der Waals surface area (Å²) < 4.78 is 11.3. The van der Waals surface area contributed by atoms with Crippen molar-refractivity contribution in [2.45, 2.75) is 40.0 Å². The maximum atomic E-state index is 12.7. The van der Waals surface area contributed by atoms with Gasteiger partial charge in [0.25, 0.3) is 0 Å². The number of aromatic nitrogens is 1. The first-order valence-corrected chi connectivity index (χ1v) is 11.4. The second-order valence-electron chi connectivity index (χ2n) is 7.82. The van der Waals surface area contributed by atoms with Gasteiger partial charge in [-0.15, -0.1) is 11.3 Å². The molecule has 1 aliphatic heterocycles. The standard InChI is InChI=1S/C22H32N4O3S/c1-17(2)23-22(27)26(8-7-25-9-11-28-12-10-25)14-19-16-30-21(24-19)15-29-20-6-4-5-18(3)13-20/h4-6,13,16-17H,7-12,14-15H2,1-3H3,(H,23,27). The summed E-state index contributed by atoms with van der Waals surface area (Å²) in [7, 11) is 0. The summed E-state index contributed by atoms with van der Waals surface area (Å²) in [5.74, 6) is 0.843. The summed E-state index contributed by atoms with van der Waals surface area (Å²) in [6.45, 7) is 11.7. The molecule has 3 rings (SSSR count). The van der Waals surface area contributed by atoms with Crippen LogP contribution in [0.3, 0.4) is 0 Å². The molecule has 1 saturated heterocycles. The van der Waals surface area contributed by atoms with Gasteiger partial charge in [0.05, 0.1) is 25.5 Å². The van der Waals surface area contributed by atoms with Gasteiger partial charge in [-0.1, -0.05) is 12.1 Å². The molecular weight excluding hydrogens is 400 g/mol. The van der Waals surface area contributed by atoms with Crippen molar-refractivity contribution in [2.24, 2.45) is 0 Å². The maximum Gasteiger partial charge on any atom is 0.317 e. The Bertz CT molecular complexity index is 805. The molecule has 1 N–H and O–H groups in total. The van der Waals surface area contributed by atoms with Crippen LogP contribution in [0.1, 0.15) is 30.1 Å². The Morgan fingerprint density at radius 1 is 1.37 bits per heavy atom. The van der Waals surface area contributed by atoms with E-state index in [1.165, 1.54) is 5.56 Å². The van der Waals surface area contributed by atoms with Gasteiger partial charge >= 0.3 is 6.03 Å². The molecular formula is C22H32N4O3S. The van der Waals surface area contributed by atoms with E-state index in [1.807, 2.05) is 55.3 Å². The summed E-state index contributed by atoms with van der Waals surface area (Å²) in [6, 6.07) is 8.03. The molecule has 7 nitrogen and oxygen atoms in total. The molecule has 0 aliphatic carbocycles. The molecule has 2 heterocycles. The molecule has 1 aliphatic rings. The normalized spacial score (nSPS) is 14.7. The topological polar surface area (TPSA) is 66.9 Å². The second-order valence-corrected chi connectivity index (χ2v) is 8.76. The Hall–Kier alpha value is -2.16. The number of carbonyl (C=O) groups is 1. The van der Waals surface area contributed by atoms with E-state index in [-0.39, 0.29) is 12.1 Å². The molecule has 0 saturated carbocycles. The Balaban J connectivity index is 1.56. The fraction of sp³-hybridized carbons (Fsp3) is 0.545. The minimum absolute atomic E-state index is 0.0520. The molecule has 30 heavy (non-hydrogen) atoms. The second kappa shape index (κ2) is 11.3. The minimum atomic E-state index is -0.0520. The number of urea groups is 1. The lowest BCUT2D eigenvalue weighted by atomic mass is 10.2. The number of aryl methyl sites for hydroxylation is 1. The van der Waals surface area contributed by atoms with Crippen LogP contribution in [0.5, 0.6) is 5.75 Å². The highest BCUT2D eigenvalue weighted by atomic mass is 32.1. The van der Waals surface area contributed by atoms with Crippen molar-refractivity contribution in [3.63, 3.8) is 0 Å². The molecule has 0 radical (unpaired) electrons.